The Bertz CT molecular complexity index is 611. The number of amides is 1. The van der Waals surface area contributed by atoms with Crippen LogP contribution in [0.1, 0.15) is 30.7 Å². The van der Waals surface area contributed by atoms with Crippen LogP contribution in [0.4, 0.5) is 0 Å². The minimum absolute atomic E-state index is 0. The summed E-state index contributed by atoms with van der Waals surface area (Å²) in [4.78, 5) is 17.7. The van der Waals surface area contributed by atoms with Gasteiger partial charge in [0, 0.05) is 46.0 Å². The van der Waals surface area contributed by atoms with Crippen molar-refractivity contribution in [2.24, 2.45) is 4.99 Å². The van der Waals surface area contributed by atoms with Gasteiger partial charge in [-0.1, -0.05) is 0 Å². The van der Waals surface area contributed by atoms with Crippen LogP contribution >= 0.6 is 24.0 Å². The number of carbonyl (C=O) groups is 1. The third kappa shape index (κ3) is 8.46. The SMILES string of the molecule is Cc1cc(C)n(CCCNC(=NCC(=O)N(C)C)NCC2CCCO2)n1.I. The number of hydrogen-bond acceptors (Lipinski definition) is 4. The first-order chi connectivity index (χ1) is 12.5. The standard InChI is InChI=1S/C18H32N6O2.HI/c1-14-11-15(2)24(22-14)9-6-8-19-18(21-13-17(25)23(3)4)20-12-16-7-5-10-26-16;/h11,16H,5-10,12-13H2,1-4H3,(H2,19,20,21);1H. The van der Waals surface area contributed by atoms with Gasteiger partial charge in [-0.25, -0.2) is 4.99 Å². The summed E-state index contributed by atoms with van der Waals surface area (Å²) in [5, 5.41) is 11.1. The zero-order valence-corrected chi connectivity index (χ0v) is 19.2. The molecule has 1 aromatic heterocycles. The Morgan fingerprint density at radius 3 is 2.78 bits per heavy atom. The zero-order valence-electron chi connectivity index (χ0n) is 16.8. The molecule has 1 saturated heterocycles. The fourth-order valence-electron chi connectivity index (χ4n) is 2.82. The predicted octanol–water partition coefficient (Wildman–Crippen LogP) is 1.31. The van der Waals surface area contributed by atoms with Crippen LogP contribution in [0, 0.1) is 13.8 Å². The maximum absolute atomic E-state index is 11.8. The van der Waals surface area contributed by atoms with Gasteiger partial charge in [0.1, 0.15) is 6.54 Å². The minimum Gasteiger partial charge on any atom is -0.376 e. The molecule has 0 radical (unpaired) electrons. The fraction of sp³-hybridized carbons (Fsp3) is 0.722. The zero-order chi connectivity index (χ0) is 18.9. The van der Waals surface area contributed by atoms with Crippen molar-refractivity contribution in [2.45, 2.75) is 45.8 Å². The topological polar surface area (TPSA) is 83.8 Å². The summed E-state index contributed by atoms with van der Waals surface area (Å²) >= 11 is 0. The van der Waals surface area contributed by atoms with Crippen LogP contribution in [0.3, 0.4) is 0 Å². The molecule has 0 aliphatic carbocycles. The molecule has 1 aliphatic heterocycles. The van der Waals surface area contributed by atoms with Gasteiger partial charge < -0.3 is 20.3 Å². The molecule has 1 aliphatic rings. The molecule has 1 amide bonds. The van der Waals surface area contributed by atoms with Crippen molar-refractivity contribution in [3.05, 3.63) is 17.5 Å². The number of guanidine groups is 1. The van der Waals surface area contributed by atoms with E-state index in [-0.39, 0.29) is 42.5 Å². The van der Waals surface area contributed by atoms with Crippen LogP contribution < -0.4 is 10.6 Å². The van der Waals surface area contributed by atoms with Crippen molar-refractivity contribution in [1.29, 1.82) is 0 Å². The molecule has 0 bridgehead atoms. The van der Waals surface area contributed by atoms with Crippen LogP contribution in [0.25, 0.3) is 0 Å². The van der Waals surface area contributed by atoms with Gasteiger partial charge in [-0.15, -0.1) is 24.0 Å². The molecule has 2 heterocycles. The third-order valence-corrected chi connectivity index (χ3v) is 4.33. The lowest BCUT2D eigenvalue weighted by Gasteiger charge is -2.16. The van der Waals surface area contributed by atoms with Gasteiger partial charge in [0.2, 0.25) is 5.91 Å². The average molecular weight is 492 g/mol. The maximum Gasteiger partial charge on any atom is 0.243 e. The molecular formula is C18H33IN6O2. The van der Waals surface area contributed by atoms with E-state index in [1.165, 1.54) is 5.69 Å². The van der Waals surface area contributed by atoms with E-state index >= 15 is 0 Å². The molecule has 1 atom stereocenters. The van der Waals surface area contributed by atoms with Gasteiger partial charge in [0.15, 0.2) is 5.96 Å². The second-order valence-corrected chi connectivity index (χ2v) is 6.90. The molecule has 1 unspecified atom stereocenters. The van der Waals surface area contributed by atoms with Crippen molar-refractivity contribution in [3.8, 4) is 0 Å². The second kappa shape index (κ2) is 12.2. The summed E-state index contributed by atoms with van der Waals surface area (Å²) < 4.78 is 7.65. The molecular weight excluding hydrogens is 459 g/mol. The number of rotatable bonds is 8. The number of nitrogens with zero attached hydrogens (tertiary/aromatic N) is 4. The van der Waals surface area contributed by atoms with Crippen LogP contribution in [-0.4, -0.2) is 73.0 Å². The average Bonchev–Trinajstić information content (AvgIpc) is 3.22. The highest BCUT2D eigenvalue weighted by atomic mass is 127. The molecule has 2 rings (SSSR count). The van der Waals surface area contributed by atoms with E-state index in [1.54, 1.807) is 19.0 Å². The van der Waals surface area contributed by atoms with E-state index in [4.69, 9.17) is 4.74 Å². The van der Waals surface area contributed by atoms with Gasteiger partial charge in [-0.2, -0.15) is 5.10 Å². The summed E-state index contributed by atoms with van der Waals surface area (Å²) in [5.74, 6) is 0.634. The van der Waals surface area contributed by atoms with Crippen molar-refractivity contribution in [1.82, 2.24) is 25.3 Å². The number of aryl methyl sites for hydroxylation is 3. The number of aromatic nitrogens is 2. The molecule has 8 nitrogen and oxygen atoms in total. The van der Waals surface area contributed by atoms with Gasteiger partial charge in [0.25, 0.3) is 0 Å². The van der Waals surface area contributed by atoms with E-state index in [9.17, 15) is 4.79 Å². The number of ether oxygens (including phenoxy) is 1. The van der Waals surface area contributed by atoms with E-state index in [2.05, 4.69) is 33.7 Å². The Morgan fingerprint density at radius 1 is 1.41 bits per heavy atom. The van der Waals surface area contributed by atoms with E-state index in [1.807, 2.05) is 11.6 Å². The molecule has 1 fully saturated rings. The number of aliphatic imine (C=N–C) groups is 1. The minimum atomic E-state index is -0.0224. The summed E-state index contributed by atoms with van der Waals surface area (Å²) in [6.07, 6.45) is 3.31. The molecule has 0 aromatic carbocycles. The lowest BCUT2D eigenvalue weighted by Crippen LogP contribution is -2.42. The first kappa shape index (κ1) is 23.7. The number of halogens is 1. The van der Waals surface area contributed by atoms with Gasteiger partial charge >= 0.3 is 0 Å². The molecule has 0 saturated carbocycles. The highest BCUT2D eigenvalue weighted by Gasteiger charge is 2.15. The molecule has 1 aromatic rings. The predicted molar refractivity (Wildman–Crippen MR) is 118 cm³/mol. The van der Waals surface area contributed by atoms with Crippen molar-refractivity contribution in [3.63, 3.8) is 0 Å². The Kier molecular flexibility index (Phi) is 10.7. The normalized spacial score (nSPS) is 16.7. The summed E-state index contributed by atoms with van der Waals surface area (Å²) in [6, 6.07) is 2.08. The van der Waals surface area contributed by atoms with Crippen LogP contribution in [0.5, 0.6) is 0 Å². The number of nitrogens with one attached hydrogen (secondary N) is 2. The van der Waals surface area contributed by atoms with Gasteiger partial charge in [-0.05, 0) is 39.2 Å². The molecule has 2 N–H and O–H groups in total. The molecule has 9 heteroatoms. The largest absolute Gasteiger partial charge is 0.376 e. The monoisotopic (exact) mass is 492 g/mol. The Balaban J connectivity index is 0.00000364. The third-order valence-electron chi connectivity index (χ3n) is 4.33. The smallest absolute Gasteiger partial charge is 0.243 e. The summed E-state index contributed by atoms with van der Waals surface area (Å²) in [5.41, 5.74) is 2.21. The van der Waals surface area contributed by atoms with Crippen LogP contribution in [0.15, 0.2) is 11.1 Å². The van der Waals surface area contributed by atoms with Gasteiger partial charge in [0.05, 0.1) is 11.8 Å². The Hall–Kier alpha value is -1.36. The highest BCUT2D eigenvalue weighted by molar-refractivity contribution is 14.0. The van der Waals surface area contributed by atoms with Crippen molar-refractivity contribution < 1.29 is 9.53 Å². The second-order valence-electron chi connectivity index (χ2n) is 6.90. The lowest BCUT2D eigenvalue weighted by atomic mass is 10.2. The van der Waals surface area contributed by atoms with E-state index in [0.29, 0.717) is 12.5 Å². The molecule has 27 heavy (non-hydrogen) atoms. The van der Waals surface area contributed by atoms with E-state index < -0.39 is 0 Å². The first-order valence-corrected chi connectivity index (χ1v) is 9.30. The molecule has 154 valence electrons. The lowest BCUT2D eigenvalue weighted by molar-refractivity contribution is -0.127. The number of likely N-dealkylation sites (N-methyl/N-ethyl adjacent to an activating group) is 1. The highest BCUT2D eigenvalue weighted by Crippen LogP contribution is 2.10. The fourth-order valence-corrected chi connectivity index (χ4v) is 2.82. The Morgan fingerprint density at radius 2 is 2.19 bits per heavy atom. The Labute approximate surface area is 179 Å². The van der Waals surface area contributed by atoms with Crippen LogP contribution in [-0.2, 0) is 16.1 Å². The van der Waals surface area contributed by atoms with Crippen LogP contribution in [0.2, 0.25) is 0 Å². The van der Waals surface area contributed by atoms with E-state index in [0.717, 1.165) is 44.7 Å². The first-order valence-electron chi connectivity index (χ1n) is 9.30. The molecule has 0 spiro atoms. The van der Waals surface area contributed by atoms with Crippen molar-refractivity contribution in [2.75, 3.05) is 40.3 Å². The van der Waals surface area contributed by atoms with Crippen molar-refractivity contribution >= 4 is 35.8 Å². The maximum atomic E-state index is 11.8. The summed E-state index contributed by atoms with van der Waals surface area (Å²) in [7, 11) is 3.47. The quantitative estimate of drug-likeness (QED) is 0.248. The number of carbonyl (C=O) groups excluding carboxylic acids is 1. The van der Waals surface area contributed by atoms with Gasteiger partial charge in [-0.3, -0.25) is 9.48 Å². The number of hydrogen-bond donors (Lipinski definition) is 2. The summed E-state index contributed by atoms with van der Waals surface area (Å²) in [6.45, 7) is 7.34.